The summed E-state index contributed by atoms with van der Waals surface area (Å²) in [6.45, 7) is 0.264. The summed E-state index contributed by atoms with van der Waals surface area (Å²) in [5, 5.41) is 3.95. The van der Waals surface area contributed by atoms with Crippen LogP contribution in [0.3, 0.4) is 0 Å². The fourth-order valence-electron chi connectivity index (χ4n) is 1.72. The van der Waals surface area contributed by atoms with Crippen molar-refractivity contribution in [3.05, 3.63) is 64.1 Å². The van der Waals surface area contributed by atoms with Crippen LogP contribution in [-0.4, -0.2) is 10.1 Å². The molecule has 1 heterocycles. The number of nitrogens with zero attached hydrogens (tertiary/aromatic N) is 2. The summed E-state index contributed by atoms with van der Waals surface area (Å²) < 4.78 is 11.9. The molecule has 0 radical (unpaired) electrons. The number of aromatic nitrogens is 2. The molecule has 100 valence electrons. The van der Waals surface area contributed by atoms with Crippen molar-refractivity contribution in [1.29, 1.82) is 0 Å². The van der Waals surface area contributed by atoms with Gasteiger partial charge in [-0.25, -0.2) is 0 Å². The standard InChI is InChI=1S/C15H11IN2O2/c16-12-8-4-5-9-13(12)19-10-14-17-15(18-20-14)11-6-2-1-3-7-11/h1-9H,10H2. The van der Waals surface area contributed by atoms with Crippen molar-refractivity contribution in [1.82, 2.24) is 10.1 Å². The van der Waals surface area contributed by atoms with E-state index in [-0.39, 0.29) is 6.61 Å². The van der Waals surface area contributed by atoms with Gasteiger partial charge in [0, 0.05) is 5.56 Å². The summed E-state index contributed by atoms with van der Waals surface area (Å²) in [7, 11) is 0. The maximum absolute atomic E-state index is 5.67. The first-order valence-electron chi connectivity index (χ1n) is 6.08. The molecule has 0 unspecified atom stereocenters. The minimum atomic E-state index is 0.264. The van der Waals surface area contributed by atoms with E-state index in [9.17, 15) is 0 Å². The van der Waals surface area contributed by atoms with Gasteiger partial charge in [-0.3, -0.25) is 0 Å². The van der Waals surface area contributed by atoms with Crippen molar-refractivity contribution in [2.24, 2.45) is 0 Å². The van der Waals surface area contributed by atoms with Gasteiger partial charge in [-0.2, -0.15) is 4.98 Å². The highest BCUT2D eigenvalue weighted by molar-refractivity contribution is 14.1. The molecular formula is C15H11IN2O2. The van der Waals surface area contributed by atoms with E-state index in [0.29, 0.717) is 11.7 Å². The topological polar surface area (TPSA) is 48.2 Å². The van der Waals surface area contributed by atoms with Crippen LogP contribution in [0.1, 0.15) is 5.89 Å². The van der Waals surface area contributed by atoms with Crippen LogP contribution >= 0.6 is 22.6 Å². The molecule has 0 fully saturated rings. The van der Waals surface area contributed by atoms with E-state index in [1.165, 1.54) is 0 Å². The Morgan fingerprint density at radius 1 is 1.00 bits per heavy atom. The first kappa shape index (κ1) is 13.1. The molecular weight excluding hydrogens is 367 g/mol. The minimum Gasteiger partial charge on any atom is -0.483 e. The number of hydrogen-bond donors (Lipinski definition) is 0. The third-order valence-corrected chi connectivity index (χ3v) is 3.58. The predicted octanol–water partition coefficient (Wildman–Crippen LogP) is 3.92. The van der Waals surface area contributed by atoms with Gasteiger partial charge in [-0.15, -0.1) is 0 Å². The number of rotatable bonds is 4. The van der Waals surface area contributed by atoms with E-state index in [1.807, 2.05) is 54.6 Å². The van der Waals surface area contributed by atoms with Crippen LogP contribution in [0.2, 0.25) is 0 Å². The molecule has 1 aromatic heterocycles. The summed E-state index contributed by atoms with van der Waals surface area (Å²) in [5.74, 6) is 1.85. The zero-order valence-corrected chi connectivity index (χ0v) is 12.6. The Labute approximate surface area is 129 Å². The molecule has 20 heavy (non-hydrogen) atoms. The van der Waals surface area contributed by atoms with Crippen LogP contribution in [0.15, 0.2) is 59.1 Å². The van der Waals surface area contributed by atoms with Gasteiger partial charge in [-0.05, 0) is 34.7 Å². The maximum atomic E-state index is 5.67. The van der Waals surface area contributed by atoms with Crippen molar-refractivity contribution in [3.8, 4) is 17.1 Å². The second-order valence-electron chi connectivity index (χ2n) is 4.10. The third kappa shape index (κ3) is 2.98. The fourth-order valence-corrected chi connectivity index (χ4v) is 2.26. The SMILES string of the molecule is Ic1ccccc1OCc1nc(-c2ccccc2)no1. The van der Waals surface area contributed by atoms with Crippen LogP contribution in [0.25, 0.3) is 11.4 Å². The van der Waals surface area contributed by atoms with E-state index in [4.69, 9.17) is 9.26 Å². The zero-order chi connectivity index (χ0) is 13.8. The third-order valence-electron chi connectivity index (χ3n) is 2.69. The lowest BCUT2D eigenvalue weighted by Crippen LogP contribution is -1.97. The number of benzene rings is 2. The molecule has 5 heteroatoms. The first-order valence-corrected chi connectivity index (χ1v) is 7.16. The number of ether oxygens (including phenoxy) is 1. The van der Waals surface area contributed by atoms with Crippen molar-refractivity contribution >= 4 is 22.6 Å². The second kappa shape index (κ2) is 6.04. The highest BCUT2D eigenvalue weighted by atomic mass is 127. The van der Waals surface area contributed by atoms with Gasteiger partial charge >= 0.3 is 0 Å². The Morgan fingerprint density at radius 3 is 2.55 bits per heavy atom. The molecule has 0 saturated heterocycles. The van der Waals surface area contributed by atoms with Crippen molar-refractivity contribution in [2.45, 2.75) is 6.61 Å². The summed E-state index contributed by atoms with van der Waals surface area (Å²) in [4.78, 5) is 4.32. The highest BCUT2D eigenvalue weighted by Crippen LogP contribution is 2.21. The Balaban J connectivity index is 1.71. The van der Waals surface area contributed by atoms with Gasteiger partial charge in [0.05, 0.1) is 3.57 Å². The normalized spacial score (nSPS) is 10.4. The number of hydrogen-bond acceptors (Lipinski definition) is 4. The van der Waals surface area contributed by atoms with Gasteiger partial charge in [-0.1, -0.05) is 47.6 Å². The summed E-state index contributed by atoms with van der Waals surface area (Å²) >= 11 is 2.23. The molecule has 3 rings (SSSR count). The second-order valence-corrected chi connectivity index (χ2v) is 5.26. The van der Waals surface area contributed by atoms with Crippen LogP contribution in [0, 0.1) is 3.57 Å². The van der Waals surface area contributed by atoms with E-state index in [1.54, 1.807) is 0 Å². The molecule has 0 N–H and O–H groups in total. The molecule has 0 aliphatic rings. The van der Waals surface area contributed by atoms with Crippen LogP contribution in [-0.2, 0) is 6.61 Å². The number of halogens is 1. The Hall–Kier alpha value is -1.89. The summed E-state index contributed by atoms with van der Waals surface area (Å²) in [6.07, 6.45) is 0. The van der Waals surface area contributed by atoms with Crippen molar-refractivity contribution in [2.75, 3.05) is 0 Å². The lowest BCUT2D eigenvalue weighted by atomic mass is 10.2. The number of para-hydroxylation sites is 1. The molecule has 0 atom stereocenters. The van der Waals surface area contributed by atoms with Crippen LogP contribution < -0.4 is 4.74 Å². The molecule has 0 aliphatic heterocycles. The Kier molecular flexibility index (Phi) is 3.96. The molecule has 2 aromatic carbocycles. The molecule has 0 amide bonds. The molecule has 0 aliphatic carbocycles. The van der Waals surface area contributed by atoms with Crippen LogP contribution in [0.5, 0.6) is 5.75 Å². The van der Waals surface area contributed by atoms with E-state index >= 15 is 0 Å². The van der Waals surface area contributed by atoms with Crippen molar-refractivity contribution in [3.63, 3.8) is 0 Å². The van der Waals surface area contributed by atoms with Gasteiger partial charge in [0.1, 0.15) is 5.75 Å². The van der Waals surface area contributed by atoms with E-state index in [0.717, 1.165) is 14.9 Å². The lowest BCUT2D eigenvalue weighted by molar-refractivity contribution is 0.241. The Bertz CT molecular complexity index is 698. The minimum absolute atomic E-state index is 0.264. The van der Waals surface area contributed by atoms with Gasteiger partial charge in [0.2, 0.25) is 5.82 Å². The molecule has 0 bridgehead atoms. The largest absolute Gasteiger partial charge is 0.483 e. The first-order chi connectivity index (χ1) is 9.83. The zero-order valence-electron chi connectivity index (χ0n) is 10.5. The van der Waals surface area contributed by atoms with Gasteiger partial charge < -0.3 is 9.26 Å². The van der Waals surface area contributed by atoms with E-state index < -0.39 is 0 Å². The average molecular weight is 378 g/mol. The van der Waals surface area contributed by atoms with Gasteiger partial charge in [0.15, 0.2) is 6.61 Å². The highest BCUT2D eigenvalue weighted by Gasteiger charge is 2.09. The molecule has 4 nitrogen and oxygen atoms in total. The Morgan fingerprint density at radius 2 is 1.75 bits per heavy atom. The predicted molar refractivity (Wildman–Crippen MR) is 83.2 cm³/mol. The van der Waals surface area contributed by atoms with Gasteiger partial charge in [0.25, 0.3) is 5.89 Å². The summed E-state index contributed by atoms with van der Waals surface area (Å²) in [6, 6.07) is 17.5. The fraction of sp³-hybridized carbons (Fsp3) is 0.0667. The maximum Gasteiger partial charge on any atom is 0.264 e. The quantitative estimate of drug-likeness (QED) is 0.646. The average Bonchev–Trinajstić information content (AvgIpc) is 2.96. The monoisotopic (exact) mass is 378 g/mol. The summed E-state index contributed by atoms with van der Waals surface area (Å²) in [5.41, 5.74) is 0.928. The molecule has 3 aromatic rings. The van der Waals surface area contributed by atoms with Crippen LogP contribution in [0.4, 0.5) is 0 Å². The lowest BCUT2D eigenvalue weighted by Gasteiger charge is -2.04. The molecule has 0 saturated carbocycles. The van der Waals surface area contributed by atoms with Crippen molar-refractivity contribution < 1.29 is 9.26 Å². The molecule has 0 spiro atoms. The smallest absolute Gasteiger partial charge is 0.264 e. The van der Waals surface area contributed by atoms with E-state index in [2.05, 4.69) is 32.7 Å².